The lowest BCUT2D eigenvalue weighted by molar-refractivity contribution is 0.551. The van der Waals surface area contributed by atoms with Gasteiger partial charge < -0.3 is 9.73 Å². The van der Waals surface area contributed by atoms with Gasteiger partial charge in [0.2, 0.25) is 0 Å². The first-order valence-corrected chi connectivity index (χ1v) is 7.21. The molecule has 1 atom stereocenters. The standard InChI is InChI=1S/C13H13BrINO/c1-16-13(6-9-4-5-17-8-9)11-7-10(14)2-3-12(11)15/h2-5,7-8,13,16H,6H2,1H3. The van der Waals surface area contributed by atoms with Crippen LogP contribution in [0.1, 0.15) is 17.2 Å². The van der Waals surface area contributed by atoms with Crippen LogP contribution in [-0.4, -0.2) is 7.05 Å². The van der Waals surface area contributed by atoms with Crippen molar-refractivity contribution >= 4 is 38.5 Å². The van der Waals surface area contributed by atoms with Crippen molar-refractivity contribution in [3.63, 3.8) is 0 Å². The first-order valence-electron chi connectivity index (χ1n) is 5.34. The first-order chi connectivity index (χ1) is 8.20. The first kappa shape index (κ1) is 13.1. The fourth-order valence-corrected chi connectivity index (χ4v) is 2.88. The predicted molar refractivity (Wildman–Crippen MR) is 81.1 cm³/mol. The Kier molecular flexibility index (Phi) is 4.64. The van der Waals surface area contributed by atoms with Gasteiger partial charge in [-0.25, -0.2) is 0 Å². The van der Waals surface area contributed by atoms with Crippen LogP contribution in [0.5, 0.6) is 0 Å². The molecule has 0 aliphatic rings. The Balaban J connectivity index is 2.25. The van der Waals surface area contributed by atoms with E-state index in [4.69, 9.17) is 4.42 Å². The fourth-order valence-electron chi connectivity index (χ4n) is 1.79. The molecule has 17 heavy (non-hydrogen) atoms. The second kappa shape index (κ2) is 6.02. The maximum Gasteiger partial charge on any atom is 0.0935 e. The van der Waals surface area contributed by atoms with E-state index in [-0.39, 0.29) is 0 Å². The van der Waals surface area contributed by atoms with Crippen LogP contribution in [0.3, 0.4) is 0 Å². The Labute approximate surface area is 123 Å². The lowest BCUT2D eigenvalue weighted by Gasteiger charge is -2.17. The van der Waals surface area contributed by atoms with Gasteiger partial charge in [-0.2, -0.15) is 0 Å². The molecule has 1 aromatic heterocycles. The Morgan fingerprint density at radius 3 is 2.88 bits per heavy atom. The number of furan rings is 1. The third-order valence-electron chi connectivity index (χ3n) is 2.70. The summed E-state index contributed by atoms with van der Waals surface area (Å²) in [5.41, 5.74) is 2.52. The van der Waals surface area contributed by atoms with Gasteiger partial charge in [-0.15, -0.1) is 0 Å². The molecule has 2 rings (SSSR count). The average Bonchev–Trinajstić information content (AvgIpc) is 2.82. The van der Waals surface area contributed by atoms with Crippen molar-refractivity contribution in [1.29, 1.82) is 0 Å². The van der Waals surface area contributed by atoms with E-state index in [9.17, 15) is 0 Å². The van der Waals surface area contributed by atoms with E-state index in [1.807, 2.05) is 13.1 Å². The van der Waals surface area contributed by atoms with Crippen LogP contribution < -0.4 is 5.32 Å². The summed E-state index contributed by atoms with van der Waals surface area (Å²) in [6.07, 6.45) is 4.45. The van der Waals surface area contributed by atoms with Crippen molar-refractivity contribution in [3.8, 4) is 0 Å². The second-order valence-corrected chi connectivity index (χ2v) is 5.92. The number of hydrogen-bond donors (Lipinski definition) is 1. The number of benzene rings is 1. The molecule has 0 fully saturated rings. The molecule has 2 nitrogen and oxygen atoms in total. The highest BCUT2D eigenvalue weighted by molar-refractivity contribution is 14.1. The molecule has 2 aromatic rings. The zero-order chi connectivity index (χ0) is 12.3. The van der Waals surface area contributed by atoms with Crippen LogP contribution in [0.25, 0.3) is 0 Å². The van der Waals surface area contributed by atoms with Gasteiger partial charge >= 0.3 is 0 Å². The lowest BCUT2D eigenvalue weighted by atomic mass is 10.0. The van der Waals surface area contributed by atoms with Crippen LogP contribution in [0, 0.1) is 3.57 Å². The second-order valence-electron chi connectivity index (χ2n) is 3.84. The molecule has 90 valence electrons. The molecule has 1 N–H and O–H groups in total. The van der Waals surface area contributed by atoms with Gasteiger partial charge in [0.1, 0.15) is 0 Å². The summed E-state index contributed by atoms with van der Waals surface area (Å²) in [5, 5.41) is 3.36. The summed E-state index contributed by atoms with van der Waals surface area (Å²) in [7, 11) is 1.99. The highest BCUT2D eigenvalue weighted by atomic mass is 127. The van der Waals surface area contributed by atoms with E-state index in [1.165, 1.54) is 14.7 Å². The molecule has 0 aliphatic carbocycles. The Morgan fingerprint density at radius 1 is 1.41 bits per heavy atom. The molecule has 0 amide bonds. The zero-order valence-corrected chi connectivity index (χ0v) is 13.2. The molecule has 0 radical (unpaired) electrons. The van der Waals surface area contributed by atoms with E-state index >= 15 is 0 Å². The molecule has 4 heteroatoms. The minimum Gasteiger partial charge on any atom is -0.472 e. The summed E-state index contributed by atoms with van der Waals surface area (Å²) in [6.45, 7) is 0. The van der Waals surface area contributed by atoms with Crippen LogP contribution in [-0.2, 0) is 6.42 Å². The maximum absolute atomic E-state index is 5.11. The van der Waals surface area contributed by atoms with Crippen LogP contribution in [0.15, 0.2) is 45.7 Å². The van der Waals surface area contributed by atoms with Gasteiger partial charge in [0.05, 0.1) is 12.5 Å². The topological polar surface area (TPSA) is 25.2 Å². The number of likely N-dealkylation sites (N-methyl/N-ethyl adjacent to an activating group) is 1. The van der Waals surface area contributed by atoms with Gasteiger partial charge in [0.15, 0.2) is 0 Å². The van der Waals surface area contributed by atoms with Crippen molar-refractivity contribution in [1.82, 2.24) is 5.32 Å². The maximum atomic E-state index is 5.11. The van der Waals surface area contributed by atoms with E-state index in [2.05, 4.69) is 62.0 Å². The summed E-state index contributed by atoms with van der Waals surface area (Å²) >= 11 is 5.89. The molecule has 0 saturated carbocycles. The van der Waals surface area contributed by atoms with E-state index in [1.54, 1.807) is 12.5 Å². The number of nitrogens with one attached hydrogen (secondary N) is 1. The Bertz CT molecular complexity index is 484. The molecule has 1 unspecified atom stereocenters. The Hall–Kier alpha value is -0.330. The SMILES string of the molecule is CNC(Cc1ccoc1)c1cc(Br)ccc1I. The molecular formula is C13H13BrINO. The van der Waals surface area contributed by atoms with Crippen molar-refractivity contribution < 1.29 is 4.42 Å². The van der Waals surface area contributed by atoms with Crippen LogP contribution in [0.4, 0.5) is 0 Å². The zero-order valence-electron chi connectivity index (χ0n) is 9.41. The average molecular weight is 406 g/mol. The summed E-state index contributed by atoms with van der Waals surface area (Å²) < 4.78 is 7.49. The van der Waals surface area contributed by atoms with Crippen LogP contribution in [0.2, 0.25) is 0 Å². The largest absolute Gasteiger partial charge is 0.472 e. The number of halogens is 2. The van der Waals surface area contributed by atoms with Crippen molar-refractivity contribution in [2.24, 2.45) is 0 Å². The fraction of sp³-hybridized carbons (Fsp3) is 0.231. The monoisotopic (exact) mass is 405 g/mol. The number of rotatable bonds is 4. The molecule has 0 spiro atoms. The van der Waals surface area contributed by atoms with Crippen LogP contribution >= 0.6 is 38.5 Å². The van der Waals surface area contributed by atoms with Gasteiger partial charge in [0.25, 0.3) is 0 Å². The lowest BCUT2D eigenvalue weighted by Crippen LogP contribution is -2.19. The minimum atomic E-state index is 0.303. The third kappa shape index (κ3) is 3.33. The molecule has 0 aliphatic heterocycles. The van der Waals surface area contributed by atoms with Gasteiger partial charge in [-0.1, -0.05) is 15.9 Å². The van der Waals surface area contributed by atoms with E-state index < -0.39 is 0 Å². The van der Waals surface area contributed by atoms with E-state index in [0.717, 1.165) is 10.9 Å². The minimum absolute atomic E-state index is 0.303. The van der Waals surface area contributed by atoms with E-state index in [0.29, 0.717) is 6.04 Å². The molecule has 1 heterocycles. The molecule has 0 bridgehead atoms. The smallest absolute Gasteiger partial charge is 0.0935 e. The van der Waals surface area contributed by atoms with Crippen molar-refractivity contribution in [2.45, 2.75) is 12.5 Å². The van der Waals surface area contributed by atoms with Gasteiger partial charge in [0, 0.05) is 14.1 Å². The van der Waals surface area contributed by atoms with Crippen molar-refractivity contribution in [2.75, 3.05) is 7.05 Å². The highest BCUT2D eigenvalue weighted by Crippen LogP contribution is 2.26. The highest BCUT2D eigenvalue weighted by Gasteiger charge is 2.14. The third-order valence-corrected chi connectivity index (χ3v) is 4.18. The summed E-state index contributed by atoms with van der Waals surface area (Å²) in [5.74, 6) is 0. The quantitative estimate of drug-likeness (QED) is 0.773. The normalized spacial score (nSPS) is 12.6. The summed E-state index contributed by atoms with van der Waals surface area (Å²) in [4.78, 5) is 0. The molecule has 1 aromatic carbocycles. The van der Waals surface area contributed by atoms with Gasteiger partial charge in [-0.3, -0.25) is 0 Å². The number of hydrogen-bond acceptors (Lipinski definition) is 2. The van der Waals surface area contributed by atoms with Gasteiger partial charge in [-0.05, 0) is 71.5 Å². The molecule has 0 saturated heterocycles. The predicted octanol–water partition coefficient (Wildman–Crippen LogP) is 4.15. The molecular weight excluding hydrogens is 393 g/mol. The Morgan fingerprint density at radius 2 is 2.24 bits per heavy atom. The summed E-state index contributed by atoms with van der Waals surface area (Å²) in [6, 6.07) is 8.67. The van der Waals surface area contributed by atoms with Crippen molar-refractivity contribution in [3.05, 3.63) is 56.0 Å².